The number of carboxylic acid groups (broad SMARTS) is 1. The van der Waals surface area contributed by atoms with Crippen LogP contribution < -0.4 is 5.32 Å². The van der Waals surface area contributed by atoms with Crippen molar-refractivity contribution in [1.82, 2.24) is 10.2 Å². The standard InChI is InChI=1S/C18H28N2O2/c1-18(2,3)16-11-15(9-10-20(16)17(21)22)13-19-12-14-7-5-4-6-8-14/h4-8,15-16,19H,9-13H2,1-3H3,(H,21,22). The average molecular weight is 304 g/mol. The molecule has 0 aromatic heterocycles. The summed E-state index contributed by atoms with van der Waals surface area (Å²) in [6, 6.07) is 10.5. The maximum atomic E-state index is 11.4. The normalized spacial score (nSPS) is 22.6. The number of amides is 1. The minimum atomic E-state index is -0.782. The summed E-state index contributed by atoms with van der Waals surface area (Å²) in [5, 5.41) is 12.9. The molecule has 122 valence electrons. The zero-order chi connectivity index (χ0) is 16.2. The molecular formula is C18H28N2O2. The van der Waals surface area contributed by atoms with Crippen LogP contribution in [0.1, 0.15) is 39.2 Å². The van der Waals surface area contributed by atoms with Crippen LogP contribution in [-0.2, 0) is 6.54 Å². The molecule has 0 spiro atoms. The molecule has 2 unspecified atom stereocenters. The van der Waals surface area contributed by atoms with Gasteiger partial charge in [0.1, 0.15) is 0 Å². The van der Waals surface area contributed by atoms with Crippen molar-refractivity contribution >= 4 is 6.09 Å². The zero-order valence-corrected chi connectivity index (χ0v) is 13.9. The van der Waals surface area contributed by atoms with Crippen molar-refractivity contribution in [2.75, 3.05) is 13.1 Å². The predicted octanol–water partition coefficient (Wildman–Crippen LogP) is 3.58. The Balaban J connectivity index is 1.87. The molecule has 1 saturated heterocycles. The van der Waals surface area contributed by atoms with Crippen LogP contribution in [0.5, 0.6) is 0 Å². The Kier molecular flexibility index (Phi) is 5.46. The Morgan fingerprint density at radius 1 is 1.32 bits per heavy atom. The van der Waals surface area contributed by atoms with Gasteiger partial charge in [-0.25, -0.2) is 4.79 Å². The molecule has 1 amide bonds. The Hall–Kier alpha value is -1.55. The molecule has 1 aromatic carbocycles. The molecule has 0 saturated carbocycles. The predicted molar refractivity (Wildman–Crippen MR) is 88.8 cm³/mol. The monoisotopic (exact) mass is 304 g/mol. The number of nitrogens with zero attached hydrogens (tertiary/aromatic N) is 1. The number of hydrogen-bond acceptors (Lipinski definition) is 2. The fraction of sp³-hybridized carbons (Fsp3) is 0.611. The average Bonchev–Trinajstić information content (AvgIpc) is 2.47. The molecule has 1 aromatic rings. The maximum absolute atomic E-state index is 11.4. The van der Waals surface area contributed by atoms with Gasteiger partial charge in [0.15, 0.2) is 0 Å². The summed E-state index contributed by atoms with van der Waals surface area (Å²) in [4.78, 5) is 13.1. The van der Waals surface area contributed by atoms with Gasteiger partial charge in [0.05, 0.1) is 0 Å². The van der Waals surface area contributed by atoms with Crippen molar-refractivity contribution in [3.63, 3.8) is 0 Å². The molecule has 1 aliphatic rings. The molecule has 22 heavy (non-hydrogen) atoms. The van der Waals surface area contributed by atoms with E-state index in [4.69, 9.17) is 0 Å². The van der Waals surface area contributed by atoms with Crippen molar-refractivity contribution in [1.29, 1.82) is 0 Å². The first-order chi connectivity index (χ1) is 10.4. The lowest BCUT2D eigenvalue weighted by atomic mass is 9.77. The van der Waals surface area contributed by atoms with Crippen molar-refractivity contribution in [2.45, 2.75) is 46.2 Å². The molecule has 0 radical (unpaired) electrons. The van der Waals surface area contributed by atoms with E-state index in [0.29, 0.717) is 12.5 Å². The van der Waals surface area contributed by atoms with Gasteiger partial charge in [-0.05, 0) is 36.3 Å². The summed E-state index contributed by atoms with van der Waals surface area (Å²) >= 11 is 0. The SMILES string of the molecule is CC(C)(C)C1CC(CNCc2ccccc2)CCN1C(=O)O. The lowest BCUT2D eigenvalue weighted by molar-refractivity contribution is 0.0406. The third-order valence-electron chi connectivity index (χ3n) is 4.56. The van der Waals surface area contributed by atoms with E-state index in [9.17, 15) is 9.90 Å². The second-order valence-corrected chi connectivity index (χ2v) is 7.36. The van der Waals surface area contributed by atoms with E-state index in [1.807, 2.05) is 6.07 Å². The first-order valence-electron chi connectivity index (χ1n) is 8.12. The van der Waals surface area contributed by atoms with Gasteiger partial charge in [-0.2, -0.15) is 0 Å². The van der Waals surface area contributed by atoms with Crippen LogP contribution >= 0.6 is 0 Å². The highest BCUT2D eigenvalue weighted by atomic mass is 16.4. The van der Waals surface area contributed by atoms with Gasteiger partial charge in [-0.15, -0.1) is 0 Å². The number of rotatable bonds is 4. The van der Waals surface area contributed by atoms with E-state index in [0.717, 1.165) is 25.9 Å². The maximum Gasteiger partial charge on any atom is 0.407 e. The molecule has 2 atom stereocenters. The quantitative estimate of drug-likeness (QED) is 0.894. The van der Waals surface area contributed by atoms with Gasteiger partial charge in [0.25, 0.3) is 0 Å². The van der Waals surface area contributed by atoms with E-state index in [1.165, 1.54) is 5.56 Å². The van der Waals surface area contributed by atoms with Crippen molar-refractivity contribution in [3.8, 4) is 0 Å². The Bertz CT molecular complexity index is 482. The summed E-state index contributed by atoms with van der Waals surface area (Å²) in [5.74, 6) is 0.545. The van der Waals surface area contributed by atoms with Gasteiger partial charge in [-0.1, -0.05) is 51.1 Å². The molecule has 1 aliphatic heterocycles. The fourth-order valence-electron chi connectivity index (χ4n) is 3.29. The van der Waals surface area contributed by atoms with Crippen LogP contribution in [0.3, 0.4) is 0 Å². The van der Waals surface area contributed by atoms with Gasteiger partial charge >= 0.3 is 6.09 Å². The fourth-order valence-corrected chi connectivity index (χ4v) is 3.29. The molecule has 4 nitrogen and oxygen atoms in total. The van der Waals surface area contributed by atoms with E-state index in [-0.39, 0.29) is 11.5 Å². The summed E-state index contributed by atoms with van der Waals surface area (Å²) in [6.07, 6.45) is 1.11. The van der Waals surface area contributed by atoms with Gasteiger partial charge in [0.2, 0.25) is 0 Å². The molecule has 0 aliphatic carbocycles. The molecule has 2 rings (SSSR count). The third-order valence-corrected chi connectivity index (χ3v) is 4.56. The highest BCUT2D eigenvalue weighted by molar-refractivity contribution is 5.65. The summed E-state index contributed by atoms with van der Waals surface area (Å²) in [7, 11) is 0. The first kappa shape index (κ1) is 16.8. The summed E-state index contributed by atoms with van der Waals surface area (Å²) in [5.41, 5.74) is 1.27. The van der Waals surface area contributed by atoms with Crippen LogP contribution in [-0.4, -0.2) is 35.2 Å². The Morgan fingerprint density at radius 2 is 2.00 bits per heavy atom. The van der Waals surface area contributed by atoms with Gasteiger partial charge in [0, 0.05) is 19.1 Å². The van der Waals surface area contributed by atoms with Crippen LogP contribution in [0.2, 0.25) is 0 Å². The summed E-state index contributed by atoms with van der Waals surface area (Å²) in [6.45, 7) is 8.87. The van der Waals surface area contributed by atoms with Gasteiger partial charge in [-0.3, -0.25) is 0 Å². The van der Waals surface area contributed by atoms with Gasteiger partial charge < -0.3 is 15.3 Å². The second-order valence-electron chi connectivity index (χ2n) is 7.36. The molecule has 1 fully saturated rings. The zero-order valence-electron chi connectivity index (χ0n) is 13.9. The summed E-state index contributed by atoms with van der Waals surface area (Å²) < 4.78 is 0. The van der Waals surface area contributed by atoms with Crippen LogP contribution in [0.15, 0.2) is 30.3 Å². The van der Waals surface area contributed by atoms with Crippen molar-refractivity contribution in [3.05, 3.63) is 35.9 Å². The molecule has 1 heterocycles. The highest BCUT2D eigenvalue weighted by Crippen LogP contribution is 2.34. The van der Waals surface area contributed by atoms with E-state index >= 15 is 0 Å². The second kappa shape index (κ2) is 7.14. The lowest BCUT2D eigenvalue weighted by Crippen LogP contribution is -2.52. The minimum absolute atomic E-state index is 0.0174. The van der Waals surface area contributed by atoms with E-state index in [1.54, 1.807) is 4.90 Å². The number of likely N-dealkylation sites (tertiary alicyclic amines) is 1. The number of nitrogens with one attached hydrogen (secondary N) is 1. The number of carbonyl (C=O) groups is 1. The largest absolute Gasteiger partial charge is 0.465 e. The topological polar surface area (TPSA) is 52.6 Å². The Labute approximate surface area is 133 Å². The first-order valence-corrected chi connectivity index (χ1v) is 8.12. The Morgan fingerprint density at radius 3 is 2.59 bits per heavy atom. The van der Waals surface area contributed by atoms with E-state index in [2.05, 4.69) is 50.4 Å². The molecule has 4 heteroatoms. The van der Waals surface area contributed by atoms with Crippen molar-refractivity contribution in [2.24, 2.45) is 11.3 Å². The number of hydrogen-bond donors (Lipinski definition) is 2. The number of benzene rings is 1. The highest BCUT2D eigenvalue weighted by Gasteiger charge is 2.38. The van der Waals surface area contributed by atoms with E-state index < -0.39 is 6.09 Å². The molecular weight excluding hydrogens is 276 g/mol. The van der Waals surface area contributed by atoms with Crippen molar-refractivity contribution < 1.29 is 9.90 Å². The minimum Gasteiger partial charge on any atom is -0.465 e. The number of piperidine rings is 1. The van der Waals surface area contributed by atoms with Crippen LogP contribution in [0.25, 0.3) is 0 Å². The third kappa shape index (κ3) is 4.47. The molecule has 0 bridgehead atoms. The smallest absolute Gasteiger partial charge is 0.407 e. The van der Waals surface area contributed by atoms with Crippen LogP contribution in [0.4, 0.5) is 4.79 Å². The molecule has 2 N–H and O–H groups in total. The van der Waals surface area contributed by atoms with Crippen LogP contribution in [0, 0.1) is 11.3 Å². The lowest BCUT2D eigenvalue weighted by Gasteiger charge is -2.44.